The van der Waals surface area contributed by atoms with E-state index in [-0.39, 0.29) is 30.2 Å². The first-order valence-corrected chi connectivity index (χ1v) is 7.30. The van der Waals surface area contributed by atoms with E-state index in [1.165, 1.54) is 6.07 Å². The highest BCUT2D eigenvalue weighted by Gasteiger charge is 2.19. The van der Waals surface area contributed by atoms with Gasteiger partial charge in [0.05, 0.1) is 6.54 Å². The summed E-state index contributed by atoms with van der Waals surface area (Å²) in [7, 11) is 0. The van der Waals surface area contributed by atoms with Gasteiger partial charge < -0.3 is 20.3 Å². The number of carbonyl (C=O) groups is 1. The molecule has 1 fully saturated rings. The molecule has 21 heavy (non-hydrogen) atoms. The van der Waals surface area contributed by atoms with Crippen molar-refractivity contribution >= 4 is 6.03 Å². The summed E-state index contributed by atoms with van der Waals surface area (Å²) in [5.74, 6) is -0.148. The maximum Gasteiger partial charge on any atom is 0.317 e. The molecule has 2 N–H and O–H groups in total. The molecule has 1 heterocycles. The van der Waals surface area contributed by atoms with Gasteiger partial charge in [-0.3, -0.25) is 0 Å². The van der Waals surface area contributed by atoms with Crippen LogP contribution >= 0.6 is 0 Å². The molecule has 0 radical (unpaired) electrons. The van der Waals surface area contributed by atoms with E-state index in [2.05, 4.69) is 10.6 Å². The monoisotopic (exact) mass is 295 g/mol. The molecule has 6 heteroatoms. The summed E-state index contributed by atoms with van der Waals surface area (Å²) in [6, 6.07) is 5.00. The molecule has 1 aromatic carbocycles. The lowest BCUT2D eigenvalue weighted by Gasteiger charge is -2.16. The van der Waals surface area contributed by atoms with E-state index < -0.39 is 0 Å². The number of halogens is 1. The van der Waals surface area contributed by atoms with Crippen LogP contribution in [0.25, 0.3) is 0 Å². The van der Waals surface area contributed by atoms with Crippen molar-refractivity contribution in [3.63, 3.8) is 0 Å². The van der Waals surface area contributed by atoms with Gasteiger partial charge in [0.25, 0.3) is 0 Å². The van der Waals surface area contributed by atoms with Gasteiger partial charge in [0, 0.05) is 19.1 Å². The van der Waals surface area contributed by atoms with E-state index >= 15 is 0 Å². The Bertz CT molecular complexity index is 496. The SMILES string of the molecule is CCNC(C)c1ccc(OCCN2CCNC2=O)c(F)c1. The maximum atomic E-state index is 14.0. The van der Waals surface area contributed by atoms with Crippen LogP contribution in [0.15, 0.2) is 18.2 Å². The number of nitrogens with zero attached hydrogens (tertiary/aromatic N) is 1. The first kappa shape index (κ1) is 15.6. The minimum atomic E-state index is -0.372. The second-order valence-electron chi connectivity index (χ2n) is 5.04. The molecule has 2 amide bonds. The van der Waals surface area contributed by atoms with Crippen molar-refractivity contribution in [3.8, 4) is 5.75 Å². The van der Waals surface area contributed by atoms with Crippen molar-refractivity contribution in [2.75, 3.05) is 32.8 Å². The summed E-state index contributed by atoms with van der Waals surface area (Å²) < 4.78 is 19.4. The Morgan fingerprint density at radius 1 is 1.52 bits per heavy atom. The average molecular weight is 295 g/mol. The Kier molecular flexibility index (Phi) is 5.38. The summed E-state index contributed by atoms with van der Waals surface area (Å²) in [6.45, 7) is 6.91. The van der Waals surface area contributed by atoms with Gasteiger partial charge in [0.1, 0.15) is 6.61 Å². The highest BCUT2D eigenvalue weighted by Crippen LogP contribution is 2.22. The van der Waals surface area contributed by atoms with Crippen molar-refractivity contribution in [2.24, 2.45) is 0 Å². The third kappa shape index (κ3) is 4.07. The molecule has 0 aliphatic carbocycles. The number of ether oxygens (including phenoxy) is 1. The number of hydrogen-bond acceptors (Lipinski definition) is 3. The standard InChI is InChI=1S/C15H22FN3O2/c1-3-17-11(2)12-4-5-14(13(16)10-12)21-9-8-19-7-6-18-15(19)20/h4-5,10-11,17H,3,6-9H2,1-2H3,(H,18,20). The minimum Gasteiger partial charge on any atom is -0.489 e. The average Bonchev–Trinajstić information content (AvgIpc) is 2.86. The van der Waals surface area contributed by atoms with E-state index in [4.69, 9.17) is 4.74 Å². The van der Waals surface area contributed by atoms with Crippen molar-refractivity contribution in [3.05, 3.63) is 29.6 Å². The van der Waals surface area contributed by atoms with Gasteiger partial charge in [-0.25, -0.2) is 9.18 Å². The van der Waals surface area contributed by atoms with E-state index in [1.54, 1.807) is 11.0 Å². The van der Waals surface area contributed by atoms with Gasteiger partial charge in [-0.2, -0.15) is 0 Å². The van der Waals surface area contributed by atoms with Crippen molar-refractivity contribution in [2.45, 2.75) is 19.9 Å². The molecular formula is C15H22FN3O2. The zero-order valence-electron chi connectivity index (χ0n) is 12.5. The molecule has 1 unspecified atom stereocenters. The van der Waals surface area contributed by atoms with E-state index in [0.717, 1.165) is 12.1 Å². The fraction of sp³-hybridized carbons (Fsp3) is 0.533. The lowest BCUT2D eigenvalue weighted by Crippen LogP contribution is -2.31. The first-order chi connectivity index (χ1) is 10.1. The summed E-state index contributed by atoms with van der Waals surface area (Å²) >= 11 is 0. The van der Waals surface area contributed by atoms with Crippen LogP contribution in [0.3, 0.4) is 0 Å². The van der Waals surface area contributed by atoms with Gasteiger partial charge in [0.15, 0.2) is 11.6 Å². The number of hydrogen-bond donors (Lipinski definition) is 2. The third-order valence-corrected chi connectivity index (χ3v) is 3.53. The Balaban J connectivity index is 1.87. The zero-order chi connectivity index (χ0) is 15.2. The molecule has 0 bridgehead atoms. The third-order valence-electron chi connectivity index (χ3n) is 3.53. The number of amides is 2. The lowest BCUT2D eigenvalue weighted by molar-refractivity contribution is 0.201. The molecule has 2 rings (SSSR count). The van der Waals surface area contributed by atoms with Gasteiger partial charge in [-0.15, -0.1) is 0 Å². The Hall–Kier alpha value is -1.82. The molecule has 1 aromatic rings. The quantitative estimate of drug-likeness (QED) is 0.808. The molecule has 116 valence electrons. The largest absolute Gasteiger partial charge is 0.489 e. The van der Waals surface area contributed by atoms with Crippen LogP contribution in [-0.4, -0.2) is 43.7 Å². The van der Waals surface area contributed by atoms with Crippen LogP contribution in [0.5, 0.6) is 5.75 Å². The summed E-state index contributed by atoms with van der Waals surface area (Å²) in [4.78, 5) is 13.0. The van der Waals surface area contributed by atoms with Crippen LogP contribution in [0.4, 0.5) is 9.18 Å². The smallest absolute Gasteiger partial charge is 0.317 e. The number of carbonyl (C=O) groups excluding carboxylic acids is 1. The number of benzene rings is 1. The van der Waals surface area contributed by atoms with Crippen LogP contribution < -0.4 is 15.4 Å². The lowest BCUT2D eigenvalue weighted by atomic mass is 10.1. The molecule has 5 nitrogen and oxygen atoms in total. The molecule has 1 saturated heterocycles. The van der Waals surface area contributed by atoms with Gasteiger partial charge >= 0.3 is 6.03 Å². The predicted molar refractivity (Wildman–Crippen MR) is 79.0 cm³/mol. The number of nitrogens with one attached hydrogen (secondary N) is 2. The molecular weight excluding hydrogens is 273 g/mol. The van der Waals surface area contributed by atoms with E-state index in [1.807, 2.05) is 19.9 Å². The topological polar surface area (TPSA) is 53.6 Å². The van der Waals surface area contributed by atoms with Crippen LogP contribution in [-0.2, 0) is 0 Å². The summed E-state index contributed by atoms with van der Waals surface area (Å²) in [5, 5.41) is 5.95. The van der Waals surface area contributed by atoms with Crippen molar-refractivity contribution in [1.29, 1.82) is 0 Å². The molecule has 0 saturated carbocycles. The van der Waals surface area contributed by atoms with E-state index in [0.29, 0.717) is 19.6 Å². The molecule has 1 aliphatic rings. The first-order valence-electron chi connectivity index (χ1n) is 7.30. The minimum absolute atomic E-state index is 0.0890. The van der Waals surface area contributed by atoms with Crippen LogP contribution in [0.1, 0.15) is 25.5 Å². The maximum absolute atomic E-state index is 14.0. The van der Waals surface area contributed by atoms with Gasteiger partial charge in [-0.1, -0.05) is 13.0 Å². The Morgan fingerprint density at radius 3 is 2.95 bits per heavy atom. The normalized spacial score (nSPS) is 16.0. The fourth-order valence-electron chi connectivity index (χ4n) is 2.32. The molecule has 0 aromatic heterocycles. The highest BCUT2D eigenvalue weighted by molar-refractivity contribution is 5.76. The van der Waals surface area contributed by atoms with Gasteiger partial charge in [-0.05, 0) is 31.2 Å². The highest BCUT2D eigenvalue weighted by atomic mass is 19.1. The zero-order valence-corrected chi connectivity index (χ0v) is 12.5. The van der Waals surface area contributed by atoms with Crippen molar-refractivity contribution in [1.82, 2.24) is 15.5 Å². The predicted octanol–water partition coefficient (Wildman–Crippen LogP) is 1.90. The summed E-state index contributed by atoms with van der Waals surface area (Å²) in [5.41, 5.74) is 0.889. The van der Waals surface area contributed by atoms with E-state index in [9.17, 15) is 9.18 Å². The molecule has 1 aliphatic heterocycles. The van der Waals surface area contributed by atoms with Crippen LogP contribution in [0.2, 0.25) is 0 Å². The van der Waals surface area contributed by atoms with Crippen LogP contribution in [0, 0.1) is 5.82 Å². The van der Waals surface area contributed by atoms with Gasteiger partial charge in [0.2, 0.25) is 0 Å². The molecule has 1 atom stereocenters. The van der Waals surface area contributed by atoms with Crippen molar-refractivity contribution < 1.29 is 13.9 Å². The fourth-order valence-corrected chi connectivity index (χ4v) is 2.32. The Labute approximate surface area is 124 Å². The second kappa shape index (κ2) is 7.26. The molecule has 0 spiro atoms. The Morgan fingerprint density at radius 2 is 2.33 bits per heavy atom. The summed E-state index contributed by atoms with van der Waals surface area (Å²) in [6.07, 6.45) is 0. The number of rotatable bonds is 7. The number of urea groups is 1. The second-order valence-corrected chi connectivity index (χ2v) is 5.04.